The topological polar surface area (TPSA) is 160 Å². The van der Waals surface area contributed by atoms with Gasteiger partial charge in [0.1, 0.15) is 6.10 Å². The number of ether oxygens (including phenoxy) is 1. The molecule has 0 fully saturated rings. The highest BCUT2D eigenvalue weighted by Gasteiger charge is 2.24. The van der Waals surface area contributed by atoms with Crippen LogP contribution in [0, 0.1) is 39.5 Å². The molecule has 0 amide bonds. The van der Waals surface area contributed by atoms with Gasteiger partial charge in [0.15, 0.2) is 5.78 Å². The maximum absolute atomic E-state index is 12.8. The van der Waals surface area contributed by atoms with E-state index in [-0.39, 0.29) is 32.4 Å². The average molecular weight is 919 g/mol. The Kier molecular flexibility index (Phi) is 27.1. The quantitative estimate of drug-likeness (QED) is 0.0264. The van der Waals surface area contributed by atoms with Gasteiger partial charge in [-0.1, -0.05) is 96.1 Å². The van der Waals surface area contributed by atoms with Gasteiger partial charge in [-0.25, -0.2) is 9.59 Å². The molecule has 0 aromatic heterocycles. The lowest BCUT2D eigenvalue weighted by Crippen LogP contribution is -2.27. The summed E-state index contributed by atoms with van der Waals surface area (Å²) < 4.78 is 16.5. The molecule has 0 aliphatic rings. The number of hydrogen-bond donors (Lipinski definition) is 4. The molecule has 10 nitrogen and oxygen atoms in total. The van der Waals surface area contributed by atoms with Gasteiger partial charge in [0, 0.05) is 43.3 Å². The summed E-state index contributed by atoms with van der Waals surface area (Å²) in [6, 6.07) is 16.8. The SMILES string of the molecule is COPC[C@@H](CC/C=C/c1cc(C)cc(C)c1C(=O)O)C(O)/C=C\C[C@H](C)O.COPC[C@@H](CC/C=C/c1cc(C)cc(C)c1C(C)=O)C(/C=C\C[C@H](C)O)OC(=O)c1ccccc1. The number of carbonyl (C=O) groups is 3. The van der Waals surface area contributed by atoms with Crippen LogP contribution < -0.4 is 0 Å². The Balaban J connectivity index is 0.000000455. The third-order valence-corrected chi connectivity index (χ3v) is 12.3. The number of ketones is 1. The van der Waals surface area contributed by atoms with E-state index in [2.05, 4.69) is 6.08 Å². The third kappa shape index (κ3) is 21.3. The van der Waals surface area contributed by atoms with E-state index in [9.17, 15) is 34.8 Å². The fraction of sp³-hybridized carbons (Fsp3) is 0.442. The molecule has 0 heterocycles. The molecule has 3 rings (SSSR count). The Labute approximate surface area is 385 Å². The van der Waals surface area contributed by atoms with E-state index >= 15 is 0 Å². The minimum absolute atomic E-state index is 0.0392. The first-order valence-corrected chi connectivity index (χ1v) is 24.2. The number of aliphatic hydroxyl groups excluding tert-OH is 3. The van der Waals surface area contributed by atoms with Crippen molar-refractivity contribution in [3.05, 3.63) is 141 Å². The Morgan fingerprint density at radius 1 is 0.672 bits per heavy atom. The molecule has 0 bridgehead atoms. The summed E-state index contributed by atoms with van der Waals surface area (Å²) in [4.78, 5) is 36.6. The lowest BCUT2D eigenvalue weighted by Gasteiger charge is -2.24. The summed E-state index contributed by atoms with van der Waals surface area (Å²) >= 11 is 0. The molecular formula is C52H72O10P2. The average Bonchev–Trinajstić information content (AvgIpc) is 3.22. The number of carboxylic acid groups (broad SMARTS) is 1. The van der Waals surface area contributed by atoms with Gasteiger partial charge in [-0.2, -0.15) is 0 Å². The Morgan fingerprint density at radius 3 is 1.66 bits per heavy atom. The van der Waals surface area contributed by atoms with Crippen molar-refractivity contribution in [3.8, 4) is 0 Å². The van der Waals surface area contributed by atoms with Crippen LogP contribution in [0.15, 0.2) is 91.1 Å². The van der Waals surface area contributed by atoms with E-state index in [1.807, 2.05) is 107 Å². The molecule has 0 saturated carbocycles. The first kappa shape index (κ1) is 56.0. The number of aliphatic hydroxyl groups is 3. The van der Waals surface area contributed by atoms with Crippen LogP contribution in [0.3, 0.4) is 0 Å². The van der Waals surface area contributed by atoms with E-state index < -0.39 is 30.4 Å². The molecule has 0 radical (unpaired) electrons. The maximum atomic E-state index is 12.8. The smallest absolute Gasteiger partial charge is 0.338 e. The summed E-state index contributed by atoms with van der Waals surface area (Å²) in [5.41, 5.74) is 7.11. The number of carboxylic acids is 1. The van der Waals surface area contributed by atoms with Crippen LogP contribution in [0.4, 0.5) is 0 Å². The standard InChI is InChI=1S/C30H39O5P.C22H33O5P/c1-21-18-22(2)29(24(4)32)26(19-21)15-9-10-16-27(20-36-34-5)28(17-11-12-23(3)31)35-30(33)25-13-7-6-8-14-25;1-15-12-16(2)21(22(25)26)18(13-15)9-5-6-10-19(14-28-27-4)20(24)11-7-8-17(3)23/h6-9,11,13-15,17-19,23,27-28,31,36H,10,12,16,20H2,1-5H3;5,7,9,11-13,17,19-20,23-24,28H,6,8,10,14H2,1-4H3,(H,25,26)/b15-9+,17-11-;9-5+,11-7-/t23-,27+,28?;17-,19+,20?/m00/s1. The second-order valence-electron chi connectivity index (χ2n) is 16.3. The number of carbonyl (C=O) groups excluding carboxylic acids is 2. The Bertz CT molecular complexity index is 2000. The van der Waals surface area contributed by atoms with Crippen molar-refractivity contribution in [1.29, 1.82) is 0 Å². The third-order valence-electron chi connectivity index (χ3n) is 10.4. The molecule has 12 heteroatoms. The minimum Gasteiger partial charge on any atom is -0.478 e. The molecule has 0 aliphatic heterocycles. The molecule has 3 aromatic rings. The summed E-state index contributed by atoms with van der Waals surface area (Å²) in [5.74, 6) is -1.15. The number of rotatable bonds is 26. The number of allylic oxidation sites excluding steroid dienone is 2. The van der Waals surface area contributed by atoms with Gasteiger partial charge in [0.05, 0.1) is 29.4 Å². The fourth-order valence-corrected chi connectivity index (χ4v) is 8.92. The monoisotopic (exact) mass is 918 g/mol. The molecule has 4 N–H and O–H groups in total. The maximum Gasteiger partial charge on any atom is 0.338 e. The highest BCUT2D eigenvalue weighted by atomic mass is 31.1. The van der Waals surface area contributed by atoms with Crippen LogP contribution in [0.1, 0.15) is 124 Å². The van der Waals surface area contributed by atoms with Crippen LogP contribution in [0.2, 0.25) is 0 Å². The number of Topliss-reactive ketones (excluding diaryl/α,β-unsaturated/α-hetero) is 1. The fourth-order valence-electron chi connectivity index (χ4n) is 7.28. The van der Waals surface area contributed by atoms with Crippen LogP contribution >= 0.6 is 17.6 Å². The summed E-state index contributed by atoms with van der Waals surface area (Å²) in [6.45, 7) is 12.8. The predicted octanol–water partition coefficient (Wildman–Crippen LogP) is 11.0. The number of benzene rings is 3. The lowest BCUT2D eigenvalue weighted by molar-refractivity contribution is 0.0286. The first-order chi connectivity index (χ1) is 30.5. The van der Waals surface area contributed by atoms with E-state index in [0.29, 0.717) is 38.3 Å². The summed E-state index contributed by atoms with van der Waals surface area (Å²) in [7, 11) is 3.93. The van der Waals surface area contributed by atoms with Gasteiger partial charge in [0.2, 0.25) is 0 Å². The van der Waals surface area contributed by atoms with E-state index in [0.717, 1.165) is 71.4 Å². The Hall–Kier alpha value is -4.11. The van der Waals surface area contributed by atoms with Gasteiger partial charge in [-0.05, 0) is 146 Å². The van der Waals surface area contributed by atoms with Crippen molar-refractivity contribution in [2.45, 2.75) is 111 Å². The second kappa shape index (κ2) is 30.9. The molecule has 350 valence electrons. The number of aryl methyl sites for hydroxylation is 4. The molecule has 4 unspecified atom stereocenters. The number of aromatic carboxylic acids is 1. The number of esters is 1. The summed E-state index contributed by atoms with van der Waals surface area (Å²) in [5, 5.41) is 38.9. The van der Waals surface area contributed by atoms with Crippen LogP contribution in [0.25, 0.3) is 12.2 Å². The molecular weight excluding hydrogens is 847 g/mol. The predicted molar refractivity (Wildman–Crippen MR) is 265 cm³/mol. The molecule has 0 aliphatic carbocycles. The van der Waals surface area contributed by atoms with Gasteiger partial charge in [-0.3, -0.25) is 4.79 Å². The van der Waals surface area contributed by atoms with Crippen LogP contribution in [-0.2, 0) is 13.8 Å². The van der Waals surface area contributed by atoms with Crippen molar-refractivity contribution < 1.29 is 48.6 Å². The van der Waals surface area contributed by atoms with Crippen molar-refractivity contribution in [3.63, 3.8) is 0 Å². The van der Waals surface area contributed by atoms with Crippen molar-refractivity contribution in [2.75, 3.05) is 26.5 Å². The second-order valence-corrected chi connectivity index (χ2v) is 18.5. The van der Waals surface area contributed by atoms with E-state index in [1.54, 1.807) is 53.2 Å². The normalized spacial score (nSPS) is 15.0. The van der Waals surface area contributed by atoms with Crippen molar-refractivity contribution in [1.82, 2.24) is 0 Å². The van der Waals surface area contributed by atoms with Crippen LogP contribution in [-0.4, -0.2) is 89.1 Å². The summed E-state index contributed by atoms with van der Waals surface area (Å²) in [6.07, 6.45) is 18.8. The molecule has 8 atom stereocenters. The molecule has 64 heavy (non-hydrogen) atoms. The van der Waals surface area contributed by atoms with Gasteiger partial charge >= 0.3 is 11.9 Å². The number of hydrogen-bond acceptors (Lipinski definition) is 9. The van der Waals surface area contributed by atoms with Gasteiger partial charge in [-0.15, -0.1) is 0 Å². The molecule has 0 saturated heterocycles. The molecule has 3 aromatic carbocycles. The minimum atomic E-state index is -0.921. The Morgan fingerprint density at radius 2 is 1.16 bits per heavy atom. The first-order valence-electron chi connectivity index (χ1n) is 21.9. The van der Waals surface area contributed by atoms with Gasteiger partial charge in [0.25, 0.3) is 0 Å². The lowest BCUT2D eigenvalue weighted by atomic mass is 9.94. The van der Waals surface area contributed by atoms with Crippen molar-refractivity contribution in [2.24, 2.45) is 11.8 Å². The zero-order valence-electron chi connectivity index (χ0n) is 39.2. The van der Waals surface area contributed by atoms with Crippen molar-refractivity contribution >= 4 is 47.5 Å². The van der Waals surface area contributed by atoms with E-state index in [1.165, 1.54) is 0 Å². The zero-order valence-corrected chi connectivity index (χ0v) is 41.2. The molecule has 0 spiro atoms. The highest BCUT2D eigenvalue weighted by Crippen LogP contribution is 2.28. The largest absolute Gasteiger partial charge is 0.478 e. The highest BCUT2D eigenvalue weighted by molar-refractivity contribution is 7.32. The van der Waals surface area contributed by atoms with E-state index in [4.69, 9.17) is 13.8 Å². The van der Waals surface area contributed by atoms with Crippen LogP contribution in [0.5, 0.6) is 0 Å². The zero-order chi connectivity index (χ0) is 47.6. The van der Waals surface area contributed by atoms with Gasteiger partial charge < -0.3 is 34.2 Å².